The summed E-state index contributed by atoms with van der Waals surface area (Å²) in [7, 11) is 0. The van der Waals surface area contributed by atoms with Crippen LogP contribution < -0.4 is 0 Å². The predicted molar refractivity (Wildman–Crippen MR) is 81.8 cm³/mol. The van der Waals surface area contributed by atoms with E-state index in [4.69, 9.17) is 0 Å². The van der Waals surface area contributed by atoms with Crippen molar-refractivity contribution in [2.24, 2.45) is 0 Å². The topological polar surface area (TPSA) is 40.5 Å². The summed E-state index contributed by atoms with van der Waals surface area (Å²) < 4.78 is 1.11. The highest BCUT2D eigenvalue weighted by molar-refractivity contribution is 9.10. The van der Waals surface area contributed by atoms with Gasteiger partial charge in [0.15, 0.2) is 0 Å². The number of aliphatic carboxylic acids is 1. The minimum atomic E-state index is -0.655. The summed E-state index contributed by atoms with van der Waals surface area (Å²) in [5.74, 6) is -0.655. The highest BCUT2D eigenvalue weighted by Gasteiger charge is 2.36. The molecule has 3 rings (SSSR count). The molecule has 1 aromatic rings. The number of benzene rings is 1. The Bertz CT molecular complexity index is 517. The summed E-state index contributed by atoms with van der Waals surface area (Å²) in [4.78, 5) is 13.8. The molecular weight excluding hydrogens is 318 g/mol. The molecule has 1 fully saturated rings. The Hall–Kier alpha value is -0.870. The van der Waals surface area contributed by atoms with Crippen LogP contribution in [0.15, 0.2) is 22.7 Å². The van der Waals surface area contributed by atoms with E-state index >= 15 is 0 Å². The SMILES string of the molecule is O=C(O)C1CCCCCN1C1CCc2cc(Br)ccc21. The fourth-order valence-electron chi connectivity index (χ4n) is 3.68. The van der Waals surface area contributed by atoms with Crippen LogP contribution in [-0.4, -0.2) is 28.6 Å². The first-order valence-electron chi connectivity index (χ1n) is 7.43. The van der Waals surface area contributed by atoms with E-state index in [1.54, 1.807) is 0 Å². The van der Waals surface area contributed by atoms with Gasteiger partial charge in [-0.15, -0.1) is 0 Å². The molecule has 0 amide bonds. The third-order valence-corrected chi connectivity index (χ3v) is 5.12. The van der Waals surface area contributed by atoms with Gasteiger partial charge in [-0.25, -0.2) is 0 Å². The maximum atomic E-state index is 11.6. The fraction of sp³-hybridized carbons (Fsp3) is 0.562. The van der Waals surface area contributed by atoms with Crippen molar-refractivity contribution in [1.82, 2.24) is 4.90 Å². The van der Waals surface area contributed by atoms with Gasteiger partial charge in [0.05, 0.1) is 0 Å². The van der Waals surface area contributed by atoms with Gasteiger partial charge in [0.25, 0.3) is 0 Å². The van der Waals surface area contributed by atoms with Crippen LogP contribution >= 0.6 is 15.9 Å². The van der Waals surface area contributed by atoms with Crippen molar-refractivity contribution in [2.45, 2.75) is 50.6 Å². The number of fused-ring (bicyclic) bond motifs is 1. The summed E-state index contributed by atoms with van der Waals surface area (Å²) >= 11 is 3.52. The molecule has 2 atom stereocenters. The average molecular weight is 338 g/mol. The first kappa shape index (κ1) is 14.1. The quantitative estimate of drug-likeness (QED) is 0.892. The van der Waals surface area contributed by atoms with Gasteiger partial charge in [0, 0.05) is 10.5 Å². The van der Waals surface area contributed by atoms with Crippen LogP contribution in [-0.2, 0) is 11.2 Å². The van der Waals surface area contributed by atoms with Gasteiger partial charge < -0.3 is 5.11 Å². The van der Waals surface area contributed by atoms with Crippen molar-refractivity contribution < 1.29 is 9.90 Å². The molecule has 108 valence electrons. The van der Waals surface area contributed by atoms with E-state index in [0.29, 0.717) is 0 Å². The minimum absolute atomic E-state index is 0.289. The highest BCUT2D eigenvalue weighted by atomic mass is 79.9. The number of carbonyl (C=O) groups is 1. The van der Waals surface area contributed by atoms with Crippen LogP contribution in [0.5, 0.6) is 0 Å². The lowest BCUT2D eigenvalue weighted by Gasteiger charge is -2.33. The Morgan fingerprint density at radius 1 is 1.25 bits per heavy atom. The molecular formula is C16H20BrNO2. The zero-order chi connectivity index (χ0) is 14.1. The number of aryl methyl sites for hydroxylation is 1. The first-order valence-corrected chi connectivity index (χ1v) is 8.23. The zero-order valence-corrected chi connectivity index (χ0v) is 13.1. The van der Waals surface area contributed by atoms with Crippen molar-refractivity contribution in [3.8, 4) is 0 Å². The lowest BCUT2D eigenvalue weighted by atomic mass is 10.0. The molecule has 2 aliphatic rings. The summed E-state index contributed by atoms with van der Waals surface area (Å²) in [5, 5.41) is 9.54. The van der Waals surface area contributed by atoms with Crippen molar-refractivity contribution >= 4 is 21.9 Å². The third kappa shape index (κ3) is 2.63. The van der Waals surface area contributed by atoms with Gasteiger partial charge in [-0.1, -0.05) is 34.8 Å². The molecule has 1 aromatic carbocycles. The number of carboxylic acids is 1. The molecule has 1 aliphatic carbocycles. The number of nitrogens with zero attached hydrogens (tertiary/aromatic N) is 1. The van der Waals surface area contributed by atoms with E-state index in [-0.39, 0.29) is 12.1 Å². The Morgan fingerprint density at radius 2 is 2.10 bits per heavy atom. The summed E-state index contributed by atoms with van der Waals surface area (Å²) in [6.45, 7) is 0.914. The molecule has 4 heteroatoms. The third-order valence-electron chi connectivity index (χ3n) is 4.63. The zero-order valence-electron chi connectivity index (χ0n) is 11.5. The number of likely N-dealkylation sites (tertiary alicyclic amines) is 1. The van der Waals surface area contributed by atoms with Gasteiger partial charge in [0.2, 0.25) is 0 Å². The van der Waals surface area contributed by atoms with E-state index in [0.717, 1.165) is 49.5 Å². The molecule has 0 saturated carbocycles. The van der Waals surface area contributed by atoms with Crippen molar-refractivity contribution in [3.05, 3.63) is 33.8 Å². The summed E-state index contributed by atoms with van der Waals surface area (Å²) in [6.07, 6.45) is 6.20. The molecule has 2 unspecified atom stereocenters. The summed E-state index contributed by atoms with van der Waals surface area (Å²) in [6, 6.07) is 6.41. The van der Waals surface area contributed by atoms with Gasteiger partial charge >= 0.3 is 5.97 Å². The second-order valence-electron chi connectivity index (χ2n) is 5.84. The average Bonchev–Trinajstić information content (AvgIpc) is 2.67. The maximum absolute atomic E-state index is 11.6. The molecule has 1 saturated heterocycles. The highest BCUT2D eigenvalue weighted by Crippen LogP contribution is 2.39. The van der Waals surface area contributed by atoms with Gasteiger partial charge in [-0.3, -0.25) is 9.69 Å². The molecule has 1 aliphatic heterocycles. The molecule has 0 aromatic heterocycles. The van der Waals surface area contributed by atoms with Crippen LogP contribution in [0.4, 0.5) is 0 Å². The normalized spacial score (nSPS) is 27.1. The molecule has 0 spiro atoms. The first-order chi connectivity index (χ1) is 9.66. The number of hydrogen-bond acceptors (Lipinski definition) is 2. The lowest BCUT2D eigenvalue weighted by molar-refractivity contribution is -0.144. The maximum Gasteiger partial charge on any atom is 0.320 e. The molecule has 3 nitrogen and oxygen atoms in total. The second kappa shape index (κ2) is 5.86. The Kier molecular flexibility index (Phi) is 4.13. The van der Waals surface area contributed by atoms with Crippen LogP contribution in [0.3, 0.4) is 0 Å². The summed E-state index contributed by atoms with van der Waals surface area (Å²) in [5.41, 5.74) is 2.71. The largest absolute Gasteiger partial charge is 0.480 e. The number of rotatable bonds is 2. The number of halogens is 1. The molecule has 20 heavy (non-hydrogen) atoms. The number of hydrogen-bond donors (Lipinski definition) is 1. The number of carboxylic acid groups (broad SMARTS) is 1. The molecule has 1 heterocycles. The molecule has 0 bridgehead atoms. The Balaban J connectivity index is 1.90. The molecule has 1 N–H and O–H groups in total. The van der Waals surface area contributed by atoms with E-state index < -0.39 is 5.97 Å². The lowest BCUT2D eigenvalue weighted by Crippen LogP contribution is -2.42. The molecule has 0 radical (unpaired) electrons. The van der Waals surface area contributed by atoms with Gasteiger partial charge in [-0.2, -0.15) is 0 Å². The standard InChI is InChI=1S/C16H20BrNO2/c17-12-6-7-13-11(10-12)5-8-14(13)18-9-3-1-2-4-15(18)16(19)20/h6-7,10,14-15H,1-5,8-9H2,(H,19,20). The van der Waals surface area contributed by atoms with E-state index in [2.05, 4.69) is 39.0 Å². The smallest absolute Gasteiger partial charge is 0.320 e. The van der Waals surface area contributed by atoms with E-state index in [9.17, 15) is 9.90 Å². The van der Waals surface area contributed by atoms with Crippen LogP contribution in [0.2, 0.25) is 0 Å². The fourth-order valence-corrected chi connectivity index (χ4v) is 4.09. The predicted octanol–water partition coefficient (Wildman–Crippen LogP) is 3.77. The van der Waals surface area contributed by atoms with Crippen LogP contribution in [0.25, 0.3) is 0 Å². The minimum Gasteiger partial charge on any atom is -0.480 e. The Labute approximate surface area is 128 Å². The van der Waals surface area contributed by atoms with Crippen molar-refractivity contribution in [1.29, 1.82) is 0 Å². The Morgan fingerprint density at radius 3 is 2.90 bits per heavy atom. The van der Waals surface area contributed by atoms with Crippen molar-refractivity contribution in [3.63, 3.8) is 0 Å². The van der Waals surface area contributed by atoms with Gasteiger partial charge in [-0.05, 0) is 55.5 Å². The van der Waals surface area contributed by atoms with Crippen LogP contribution in [0.1, 0.15) is 49.3 Å². The second-order valence-corrected chi connectivity index (χ2v) is 6.75. The van der Waals surface area contributed by atoms with Crippen LogP contribution in [0, 0.1) is 0 Å². The van der Waals surface area contributed by atoms with E-state index in [1.165, 1.54) is 11.1 Å². The van der Waals surface area contributed by atoms with Crippen molar-refractivity contribution in [2.75, 3.05) is 6.54 Å². The monoisotopic (exact) mass is 337 g/mol. The van der Waals surface area contributed by atoms with Gasteiger partial charge in [0.1, 0.15) is 6.04 Å². The van der Waals surface area contributed by atoms with E-state index in [1.807, 2.05) is 0 Å².